The topological polar surface area (TPSA) is 86.7 Å². The molecule has 0 aliphatic heterocycles. The van der Waals surface area contributed by atoms with E-state index in [2.05, 4.69) is 72.5 Å². The average Bonchev–Trinajstić information content (AvgIpc) is 2.95. The van der Waals surface area contributed by atoms with E-state index in [9.17, 15) is 19.5 Å². The first-order chi connectivity index (χ1) is 20.4. The minimum Gasteiger partial charge on any atom is -0.481 e. The average molecular weight is 613 g/mol. The number of rotatable bonds is 8. The van der Waals surface area contributed by atoms with Gasteiger partial charge in [-0.25, -0.2) is 0 Å². The van der Waals surface area contributed by atoms with Crippen LogP contribution in [0.15, 0.2) is 0 Å². The van der Waals surface area contributed by atoms with Gasteiger partial charge in [0.25, 0.3) is 0 Å². The Morgan fingerprint density at radius 2 is 1.48 bits per heavy atom. The Hall–Kier alpha value is -1.43. The van der Waals surface area contributed by atoms with Gasteiger partial charge in [-0.1, -0.05) is 62.3 Å². The second-order valence-corrected chi connectivity index (χ2v) is 18.1. The Bertz CT molecular complexity index is 1140. The molecule has 0 bridgehead atoms. The summed E-state index contributed by atoms with van der Waals surface area (Å²) in [4.78, 5) is 43.1. The smallest absolute Gasteiger partial charge is 0.309 e. The van der Waals surface area contributed by atoms with Gasteiger partial charge < -0.3 is 15.3 Å². The first-order valence-electron chi connectivity index (χ1n) is 18.2. The van der Waals surface area contributed by atoms with Crippen molar-refractivity contribution in [3.63, 3.8) is 0 Å². The lowest BCUT2D eigenvalue weighted by molar-refractivity contribution is -0.246. The zero-order valence-corrected chi connectivity index (χ0v) is 29.6. The van der Waals surface area contributed by atoms with Gasteiger partial charge in [0.1, 0.15) is 0 Å². The normalized spacial score (nSPS) is 44.1. The molecule has 6 nitrogen and oxygen atoms in total. The van der Waals surface area contributed by atoms with Crippen molar-refractivity contribution in [2.45, 2.75) is 133 Å². The lowest BCUT2D eigenvalue weighted by Crippen LogP contribution is -2.68. The fourth-order valence-electron chi connectivity index (χ4n) is 12.8. The van der Waals surface area contributed by atoms with Crippen molar-refractivity contribution >= 4 is 17.7 Å². The summed E-state index contributed by atoms with van der Waals surface area (Å²) < 4.78 is 0. The van der Waals surface area contributed by atoms with Crippen LogP contribution in [0.25, 0.3) is 0 Å². The number of nitrogens with one attached hydrogen (secondary N) is 1. The third kappa shape index (κ3) is 4.93. The molecule has 250 valence electrons. The van der Waals surface area contributed by atoms with E-state index in [1.807, 2.05) is 0 Å². The first kappa shape index (κ1) is 33.9. The minimum absolute atomic E-state index is 0.0642. The zero-order chi connectivity index (χ0) is 32.5. The number of ketones is 1. The molecule has 0 spiro atoms. The molecule has 0 aromatic rings. The minimum atomic E-state index is -0.585. The van der Waals surface area contributed by atoms with E-state index in [0.717, 1.165) is 83.8 Å². The maximum atomic E-state index is 14.0. The van der Waals surface area contributed by atoms with E-state index < -0.39 is 22.7 Å². The standard InChI is InChI=1S/C38H64N2O4/c1-10-40(11-2)22-12-21-39-31(42)25-23-35(7)28(34(5,6)30(25)41)15-16-37(9)29(35)14-13-26-27-24-33(3,4)17-19-38(27,32(43)44)20-18-36(26,37)8/h25-29H,10-24H2,1-9H3,(H,39,42)(H,43,44)/t25?,26?,27?,28?,29?,35-,36+,37+,38-/m0/s1. The van der Waals surface area contributed by atoms with Crippen LogP contribution in [0.1, 0.15) is 133 Å². The molecule has 44 heavy (non-hydrogen) atoms. The van der Waals surface area contributed by atoms with Crippen molar-refractivity contribution in [1.82, 2.24) is 10.2 Å². The number of carbonyl (C=O) groups is 3. The molecule has 0 heterocycles. The van der Waals surface area contributed by atoms with E-state index in [0.29, 0.717) is 24.8 Å². The summed E-state index contributed by atoms with van der Waals surface area (Å²) in [5, 5.41) is 13.9. The number of nitrogens with zero attached hydrogens (tertiary/aromatic N) is 1. The van der Waals surface area contributed by atoms with Crippen LogP contribution in [0.4, 0.5) is 0 Å². The summed E-state index contributed by atoms with van der Waals surface area (Å²) in [5.74, 6) is 0.263. The molecule has 5 saturated carbocycles. The highest BCUT2D eigenvalue weighted by Crippen LogP contribution is 2.77. The van der Waals surface area contributed by atoms with E-state index in [1.54, 1.807) is 0 Å². The van der Waals surface area contributed by atoms with Crippen LogP contribution in [0.5, 0.6) is 0 Å². The highest BCUT2D eigenvalue weighted by Gasteiger charge is 2.72. The van der Waals surface area contributed by atoms with Crippen LogP contribution < -0.4 is 5.32 Å². The number of carbonyl (C=O) groups excluding carboxylic acids is 2. The molecule has 5 fully saturated rings. The van der Waals surface area contributed by atoms with Gasteiger partial charge >= 0.3 is 5.97 Å². The number of hydrogen-bond donors (Lipinski definition) is 2. The van der Waals surface area contributed by atoms with Crippen LogP contribution in [-0.4, -0.2) is 53.8 Å². The Balaban J connectivity index is 1.42. The monoisotopic (exact) mass is 612 g/mol. The summed E-state index contributed by atoms with van der Waals surface area (Å²) in [5.41, 5.74) is -0.896. The van der Waals surface area contributed by atoms with E-state index in [1.165, 1.54) is 0 Å². The summed E-state index contributed by atoms with van der Waals surface area (Å²) in [6.07, 6.45) is 10.4. The second-order valence-electron chi connectivity index (χ2n) is 18.1. The molecule has 0 aromatic heterocycles. The number of aliphatic carboxylic acids is 1. The third-order valence-electron chi connectivity index (χ3n) is 15.6. The number of carboxylic acids is 1. The fourth-order valence-corrected chi connectivity index (χ4v) is 12.8. The quantitative estimate of drug-likeness (QED) is 0.218. The molecule has 0 radical (unpaired) electrons. The van der Waals surface area contributed by atoms with Gasteiger partial charge in [-0.3, -0.25) is 14.4 Å². The molecule has 5 rings (SSSR count). The van der Waals surface area contributed by atoms with Crippen molar-refractivity contribution < 1.29 is 19.5 Å². The molecule has 5 unspecified atom stereocenters. The van der Waals surface area contributed by atoms with Crippen LogP contribution in [0.2, 0.25) is 0 Å². The van der Waals surface area contributed by atoms with E-state index in [4.69, 9.17) is 0 Å². The highest BCUT2D eigenvalue weighted by atomic mass is 16.4. The largest absolute Gasteiger partial charge is 0.481 e. The lowest BCUT2D eigenvalue weighted by atomic mass is 9.31. The Morgan fingerprint density at radius 1 is 0.818 bits per heavy atom. The van der Waals surface area contributed by atoms with Gasteiger partial charge in [-0.2, -0.15) is 0 Å². The molecule has 2 N–H and O–H groups in total. The van der Waals surface area contributed by atoms with Gasteiger partial charge in [0.15, 0.2) is 5.78 Å². The van der Waals surface area contributed by atoms with Gasteiger partial charge in [0, 0.05) is 12.0 Å². The maximum absolute atomic E-state index is 14.0. The molecule has 1 amide bonds. The Kier molecular flexibility index (Phi) is 8.77. The molecular weight excluding hydrogens is 548 g/mol. The molecule has 5 aliphatic carbocycles. The molecule has 9 atom stereocenters. The van der Waals surface area contributed by atoms with Crippen molar-refractivity contribution in [3.8, 4) is 0 Å². The maximum Gasteiger partial charge on any atom is 0.309 e. The fraction of sp³-hybridized carbons (Fsp3) is 0.921. The van der Waals surface area contributed by atoms with Crippen molar-refractivity contribution in [2.24, 2.45) is 62.1 Å². The Labute approximate surface area is 268 Å². The summed E-state index contributed by atoms with van der Waals surface area (Å²) in [7, 11) is 0. The van der Waals surface area contributed by atoms with Crippen molar-refractivity contribution in [2.75, 3.05) is 26.2 Å². The van der Waals surface area contributed by atoms with Gasteiger partial charge in [-0.15, -0.1) is 0 Å². The van der Waals surface area contributed by atoms with Gasteiger partial charge in [0.2, 0.25) is 5.91 Å². The zero-order valence-electron chi connectivity index (χ0n) is 29.6. The summed E-state index contributed by atoms with van der Waals surface area (Å²) in [6.45, 7) is 24.4. The number of fused-ring (bicyclic) bond motifs is 7. The number of hydrogen-bond acceptors (Lipinski definition) is 4. The third-order valence-corrected chi connectivity index (χ3v) is 15.6. The van der Waals surface area contributed by atoms with Crippen LogP contribution >= 0.6 is 0 Å². The summed E-state index contributed by atoms with van der Waals surface area (Å²) >= 11 is 0. The highest BCUT2D eigenvalue weighted by molar-refractivity contribution is 6.04. The van der Waals surface area contributed by atoms with Gasteiger partial charge in [-0.05, 0) is 136 Å². The predicted octanol–water partition coefficient (Wildman–Crippen LogP) is 7.60. The summed E-state index contributed by atoms with van der Waals surface area (Å²) in [6, 6.07) is 0. The van der Waals surface area contributed by atoms with Crippen LogP contribution in [-0.2, 0) is 14.4 Å². The van der Waals surface area contributed by atoms with Crippen molar-refractivity contribution in [1.29, 1.82) is 0 Å². The number of amides is 1. The first-order valence-corrected chi connectivity index (χ1v) is 18.2. The molecule has 0 saturated heterocycles. The lowest BCUT2D eigenvalue weighted by Gasteiger charge is -2.73. The van der Waals surface area contributed by atoms with Crippen LogP contribution in [0, 0.1) is 62.1 Å². The van der Waals surface area contributed by atoms with Gasteiger partial charge in [0.05, 0.1) is 11.3 Å². The van der Waals surface area contributed by atoms with Crippen molar-refractivity contribution in [3.05, 3.63) is 0 Å². The molecular formula is C38H64N2O4. The van der Waals surface area contributed by atoms with Crippen LogP contribution in [0.3, 0.4) is 0 Å². The molecule has 0 aromatic carbocycles. The predicted molar refractivity (Wildman–Crippen MR) is 176 cm³/mol. The van der Waals surface area contributed by atoms with E-state index in [-0.39, 0.29) is 45.2 Å². The SMILES string of the molecule is CCN(CC)CCCNC(=O)C1C[C@@]2(C)C(CC[C@]3(C)C2CCC2C4CC(C)(C)CC[C@]4(C(=O)O)CC[C@]23C)C(C)(C)C1=O. The molecule has 6 heteroatoms. The second kappa shape index (κ2) is 11.4. The van der Waals surface area contributed by atoms with E-state index >= 15 is 0 Å². The molecule has 5 aliphatic rings. The number of Topliss-reactive ketones (excluding diaryl/α,β-unsaturated/α-hetero) is 1. The number of carboxylic acid groups (broad SMARTS) is 1. The Morgan fingerprint density at radius 3 is 2.11 bits per heavy atom.